The number of carboxylic acids is 1. The lowest BCUT2D eigenvalue weighted by Crippen LogP contribution is -2.55. The second-order valence-electron chi connectivity index (χ2n) is 10.6. The lowest BCUT2D eigenvalue weighted by atomic mass is 9.85. The summed E-state index contributed by atoms with van der Waals surface area (Å²) in [6, 6.07) is 6.00. The van der Waals surface area contributed by atoms with Gasteiger partial charge in [0.2, 0.25) is 0 Å². The van der Waals surface area contributed by atoms with Gasteiger partial charge in [-0.3, -0.25) is 19.2 Å². The van der Waals surface area contributed by atoms with Crippen LogP contribution < -0.4 is 10.1 Å². The minimum atomic E-state index is -3.09. The number of rotatable bonds is 11. The molecule has 0 aliphatic carbocycles. The van der Waals surface area contributed by atoms with Crippen molar-refractivity contribution in [3.8, 4) is 5.75 Å². The zero-order valence-corrected chi connectivity index (χ0v) is 23.4. The molecule has 4 rings (SSSR count). The van der Waals surface area contributed by atoms with Crippen LogP contribution in [0.2, 0.25) is 5.02 Å². The van der Waals surface area contributed by atoms with Crippen molar-refractivity contribution in [2.45, 2.75) is 44.8 Å². The minimum absolute atomic E-state index is 0.0726. The average molecular weight is 584 g/mol. The highest BCUT2D eigenvalue weighted by molar-refractivity contribution is 6.30. The van der Waals surface area contributed by atoms with Gasteiger partial charge in [-0.1, -0.05) is 25.4 Å². The standard InChI is InChI=1S/C27H36ClF2N5O5/c1-18(2)22-5-8-31-35(22)27(25(38)32-21-4-3-20(28)15-23(21)40-26(29)30)6-9-33(10-7-27)16-19(24(36)37)17-34-11-13-39-14-12-34/h3-5,8,15,18-19,26H,6-7,9-14,16-17H2,1-2H3,(H,32,38)(H,36,37)/t19-/m1/s1. The Hall–Kier alpha value is -2.80. The van der Waals surface area contributed by atoms with E-state index >= 15 is 0 Å². The monoisotopic (exact) mass is 583 g/mol. The predicted molar refractivity (Wildman–Crippen MR) is 145 cm³/mol. The number of carbonyl (C=O) groups excluding carboxylic acids is 1. The van der Waals surface area contributed by atoms with E-state index in [1.54, 1.807) is 10.9 Å². The van der Waals surface area contributed by atoms with Gasteiger partial charge in [0, 0.05) is 62.2 Å². The summed E-state index contributed by atoms with van der Waals surface area (Å²) >= 11 is 5.98. The van der Waals surface area contributed by atoms with Crippen LogP contribution in [0.25, 0.3) is 0 Å². The first kappa shape index (κ1) is 30.2. The Morgan fingerprint density at radius 3 is 2.38 bits per heavy atom. The predicted octanol–water partition coefficient (Wildman–Crippen LogP) is 3.72. The number of aliphatic carboxylic acids is 1. The highest BCUT2D eigenvalue weighted by atomic mass is 35.5. The van der Waals surface area contributed by atoms with Crippen LogP contribution in [0.5, 0.6) is 5.75 Å². The zero-order valence-electron chi connectivity index (χ0n) is 22.7. The van der Waals surface area contributed by atoms with Gasteiger partial charge in [0.25, 0.3) is 5.91 Å². The van der Waals surface area contributed by atoms with Crippen LogP contribution >= 0.6 is 11.6 Å². The maximum Gasteiger partial charge on any atom is 0.387 e. The molecule has 0 saturated carbocycles. The number of amides is 1. The molecule has 2 aromatic rings. The van der Waals surface area contributed by atoms with E-state index in [4.69, 9.17) is 16.3 Å². The third kappa shape index (κ3) is 7.09. The van der Waals surface area contributed by atoms with Gasteiger partial charge in [-0.05, 0) is 37.0 Å². The largest absolute Gasteiger partial charge is 0.481 e. The van der Waals surface area contributed by atoms with Crippen molar-refractivity contribution < 1.29 is 33.0 Å². The van der Waals surface area contributed by atoms with Crippen LogP contribution in [0.1, 0.15) is 38.3 Å². The molecule has 1 amide bonds. The molecule has 1 aromatic carbocycles. The number of ether oxygens (including phenoxy) is 2. The first-order valence-corrected chi connectivity index (χ1v) is 13.8. The highest BCUT2D eigenvalue weighted by Crippen LogP contribution is 2.37. The Labute approximate surface area is 237 Å². The molecule has 2 aliphatic rings. The molecule has 1 atom stereocenters. The number of aromatic nitrogens is 2. The van der Waals surface area contributed by atoms with Gasteiger partial charge in [0.1, 0.15) is 5.54 Å². The Kier molecular flexibility index (Phi) is 9.99. The fourth-order valence-electron chi connectivity index (χ4n) is 5.40. The fraction of sp³-hybridized carbons (Fsp3) is 0.593. The number of halogens is 3. The van der Waals surface area contributed by atoms with Gasteiger partial charge >= 0.3 is 12.6 Å². The molecule has 0 unspecified atom stereocenters. The van der Waals surface area contributed by atoms with Crippen LogP contribution in [0.3, 0.4) is 0 Å². The summed E-state index contributed by atoms with van der Waals surface area (Å²) in [4.78, 5) is 30.3. The summed E-state index contributed by atoms with van der Waals surface area (Å²) in [7, 11) is 0. The number of hydrogen-bond donors (Lipinski definition) is 2. The fourth-order valence-corrected chi connectivity index (χ4v) is 5.56. The third-order valence-electron chi connectivity index (χ3n) is 7.59. The summed E-state index contributed by atoms with van der Waals surface area (Å²) in [6.07, 6.45) is 2.35. The molecule has 0 spiro atoms. The summed E-state index contributed by atoms with van der Waals surface area (Å²) < 4.78 is 37.9. The van der Waals surface area contributed by atoms with E-state index in [1.807, 2.05) is 19.9 Å². The minimum Gasteiger partial charge on any atom is -0.481 e. The molecular weight excluding hydrogens is 548 g/mol. The SMILES string of the molecule is CC(C)c1ccnn1C1(C(=O)Nc2ccc(Cl)cc2OC(F)F)CCN(C[C@H](CN2CCOCC2)C(=O)O)CC1. The number of anilines is 1. The van der Waals surface area contributed by atoms with E-state index in [0.29, 0.717) is 65.3 Å². The van der Waals surface area contributed by atoms with E-state index in [1.165, 1.54) is 18.2 Å². The topological polar surface area (TPSA) is 109 Å². The van der Waals surface area contributed by atoms with Crippen molar-refractivity contribution in [1.29, 1.82) is 0 Å². The number of nitrogens with one attached hydrogen (secondary N) is 1. The summed E-state index contributed by atoms with van der Waals surface area (Å²) in [6.45, 7) is 5.20. The molecule has 13 heteroatoms. The molecule has 3 heterocycles. The van der Waals surface area contributed by atoms with Crippen LogP contribution in [-0.4, -0.2) is 95.7 Å². The van der Waals surface area contributed by atoms with Gasteiger partial charge in [-0.15, -0.1) is 0 Å². The number of alkyl halides is 2. The average Bonchev–Trinajstić information content (AvgIpc) is 3.42. The summed E-state index contributed by atoms with van der Waals surface area (Å²) in [5, 5.41) is 17.4. The Balaban J connectivity index is 1.55. The molecule has 0 radical (unpaired) electrons. The number of piperidine rings is 1. The maximum atomic E-state index is 14.0. The molecule has 2 saturated heterocycles. The van der Waals surface area contributed by atoms with Gasteiger partial charge < -0.3 is 24.8 Å². The molecule has 1 aromatic heterocycles. The maximum absolute atomic E-state index is 14.0. The quantitative estimate of drug-likeness (QED) is 0.412. The van der Waals surface area contributed by atoms with Crippen LogP contribution in [-0.2, 0) is 19.9 Å². The Morgan fingerprint density at radius 2 is 1.77 bits per heavy atom. The Morgan fingerprint density at radius 1 is 1.12 bits per heavy atom. The van der Waals surface area contributed by atoms with Crippen LogP contribution in [0, 0.1) is 5.92 Å². The first-order chi connectivity index (χ1) is 19.1. The molecule has 2 N–H and O–H groups in total. The number of likely N-dealkylation sites (tertiary alicyclic amines) is 1. The smallest absolute Gasteiger partial charge is 0.387 e. The number of carbonyl (C=O) groups is 2. The van der Waals surface area contributed by atoms with E-state index in [-0.39, 0.29) is 22.4 Å². The van der Waals surface area contributed by atoms with Crippen molar-refractivity contribution in [3.05, 3.63) is 41.2 Å². The van der Waals surface area contributed by atoms with Crippen molar-refractivity contribution in [1.82, 2.24) is 19.6 Å². The number of nitrogens with zero attached hydrogens (tertiary/aromatic N) is 4. The summed E-state index contributed by atoms with van der Waals surface area (Å²) in [5.74, 6) is -2.02. The van der Waals surface area contributed by atoms with Crippen molar-refractivity contribution in [2.75, 3.05) is 57.8 Å². The second-order valence-corrected chi connectivity index (χ2v) is 11.0. The molecular formula is C27H36ClF2N5O5. The number of benzene rings is 1. The van der Waals surface area contributed by atoms with Crippen molar-refractivity contribution in [2.24, 2.45) is 5.92 Å². The van der Waals surface area contributed by atoms with Gasteiger partial charge in [0.05, 0.1) is 24.8 Å². The van der Waals surface area contributed by atoms with E-state index in [0.717, 1.165) is 5.69 Å². The van der Waals surface area contributed by atoms with E-state index in [2.05, 4.69) is 25.0 Å². The van der Waals surface area contributed by atoms with E-state index < -0.39 is 29.9 Å². The normalized spacial score (nSPS) is 19.1. The number of hydrogen-bond acceptors (Lipinski definition) is 7. The van der Waals surface area contributed by atoms with Crippen LogP contribution in [0.15, 0.2) is 30.5 Å². The second kappa shape index (κ2) is 13.2. The molecule has 220 valence electrons. The highest BCUT2D eigenvalue weighted by Gasteiger charge is 2.46. The van der Waals surface area contributed by atoms with Crippen molar-refractivity contribution in [3.63, 3.8) is 0 Å². The van der Waals surface area contributed by atoms with E-state index in [9.17, 15) is 23.5 Å². The summed E-state index contributed by atoms with van der Waals surface area (Å²) in [5.41, 5.74) is -0.185. The number of morpholine rings is 1. The molecule has 2 aliphatic heterocycles. The van der Waals surface area contributed by atoms with Gasteiger partial charge in [0.15, 0.2) is 5.75 Å². The number of carboxylic acid groups (broad SMARTS) is 1. The lowest BCUT2D eigenvalue weighted by Gasteiger charge is -2.42. The molecule has 40 heavy (non-hydrogen) atoms. The van der Waals surface area contributed by atoms with Gasteiger partial charge in [-0.25, -0.2) is 0 Å². The Bertz CT molecular complexity index is 1170. The third-order valence-corrected chi connectivity index (χ3v) is 7.83. The van der Waals surface area contributed by atoms with Crippen molar-refractivity contribution >= 4 is 29.2 Å². The lowest BCUT2D eigenvalue weighted by molar-refractivity contribution is -0.144. The van der Waals surface area contributed by atoms with Gasteiger partial charge in [-0.2, -0.15) is 13.9 Å². The zero-order chi connectivity index (χ0) is 28.9. The molecule has 0 bridgehead atoms. The van der Waals surface area contributed by atoms with Crippen LogP contribution in [0.4, 0.5) is 14.5 Å². The molecule has 10 nitrogen and oxygen atoms in total. The molecule has 2 fully saturated rings. The first-order valence-electron chi connectivity index (χ1n) is 13.4.